The summed E-state index contributed by atoms with van der Waals surface area (Å²) < 4.78 is 16.6. The molecular formula is C21H22N4O3. The number of rotatable bonds is 6. The molecular weight excluding hydrogens is 356 g/mol. The summed E-state index contributed by atoms with van der Waals surface area (Å²) >= 11 is 0. The minimum Gasteiger partial charge on any atom is -0.454 e. The highest BCUT2D eigenvalue weighted by Gasteiger charge is 2.14. The van der Waals surface area contributed by atoms with Crippen molar-refractivity contribution in [3.05, 3.63) is 59.9 Å². The quantitative estimate of drug-likeness (QED) is 0.660. The number of benzene rings is 2. The molecule has 0 atom stereocenters. The molecule has 3 aromatic rings. The number of hydrogen-bond acceptors (Lipinski definition) is 7. The maximum absolute atomic E-state index is 6.21. The van der Waals surface area contributed by atoms with E-state index in [-0.39, 0.29) is 6.79 Å². The first-order valence-electron chi connectivity index (χ1n) is 9.11. The Morgan fingerprint density at radius 2 is 1.86 bits per heavy atom. The van der Waals surface area contributed by atoms with E-state index >= 15 is 0 Å². The number of nitrogen functional groups attached to an aromatic ring is 1. The summed E-state index contributed by atoms with van der Waals surface area (Å²) in [4.78, 5) is 8.38. The van der Waals surface area contributed by atoms with Crippen LogP contribution in [0.3, 0.4) is 0 Å². The van der Waals surface area contributed by atoms with Crippen molar-refractivity contribution in [3.8, 4) is 23.1 Å². The van der Waals surface area contributed by atoms with Gasteiger partial charge in [0.15, 0.2) is 17.3 Å². The van der Waals surface area contributed by atoms with Crippen molar-refractivity contribution in [1.29, 1.82) is 0 Å². The van der Waals surface area contributed by atoms with Gasteiger partial charge in [-0.1, -0.05) is 32.0 Å². The lowest BCUT2D eigenvalue weighted by atomic mass is 10.0. The zero-order valence-electron chi connectivity index (χ0n) is 15.8. The Bertz CT molecular complexity index is 974. The van der Waals surface area contributed by atoms with Crippen molar-refractivity contribution in [2.45, 2.75) is 26.3 Å². The summed E-state index contributed by atoms with van der Waals surface area (Å²) in [6.45, 7) is 5.08. The van der Waals surface area contributed by atoms with E-state index in [1.807, 2.05) is 42.5 Å². The second-order valence-corrected chi connectivity index (χ2v) is 6.81. The molecule has 2 aromatic carbocycles. The molecule has 28 heavy (non-hydrogen) atoms. The average Bonchev–Trinajstić information content (AvgIpc) is 3.17. The van der Waals surface area contributed by atoms with Gasteiger partial charge in [0.2, 0.25) is 12.7 Å². The largest absolute Gasteiger partial charge is 0.454 e. The van der Waals surface area contributed by atoms with Crippen LogP contribution in [0.1, 0.15) is 30.9 Å². The van der Waals surface area contributed by atoms with Crippen LogP contribution in [0.2, 0.25) is 0 Å². The van der Waals surface area contributed by atoms with Gasteiger partial charge in [-0.3, -0.25) is 0 Å². The zero-order valence-corrected chi connectivity index (χ0v) is 15.8. The number of fused-ring (bicyclic) bond motifs is 1. The van der Waals surface area contributed by atoms with E-state index in [1.165, 1.54) is 11.9 Å². The smallest absolute Gasteiger partial charge is 0.248 e. The van der Waals surface area contributed by atoms with Gasteiger partial charge in [-0.2, -0.15) is 4.98 Å². The van der Waals surface area contributed by atoms with E-state index in [0.717, 1.165) is 17.1 Å². The molecule has 0 saturated carbocycles. The number of nitrogens with two attached hydrogens (primary N) is 1. The lowest BCUT2D eigenvalue weighted by molar-refractivity contribution is 0.174. The Labute approximate surface area is 163 Å². The molecule has 1 aliphatic rings. The number of hydrogen-bond donors (Lipinski definition) is 2. The van der Waals surface area contributed by atoms with Gasteiger partial charge < -0.3 is 25.3 Å². The maximum atomic E-state index is 6.21. The number of anilines is 2. The first kappa shape index (κ1) is 17.9. The molecule has 0 spiro atoms. The van der Waals surface area contributed by atoms with Gasteiger partial charge in [-0.05, 0) is 41.3 Å². The Hall–Kier alpha value is -3.48. The van der Waals surface area contributed by atoms with Crippen molar-refractivity contribution in [2.24, 2.45) is 0 Å². The Morgan fingerprint density at radius 3 is 2.64 bits per heavy atom. The summed E-state index contributed by atoms with van der Waals surface area (Å²) in [7, 11) is 0. The molecule has 7 nitrogen and oxygen atoms in total. The molecule has 4 rings (SSSR count). The minimum absolute atomic E-state index is 0.254. The van der Waals surface area contributed by atoms with Crippen LogP contribution < -0.4 is 25.3 Å². The van der Waals surface area contributed by atoms with Crippen LogP contribution in [0.5, 0.6) is 23.1 Å². The van der Waals surface area contributed by atoms with E-state index in [4.69, 9.17) is 19.9 Å². The molecule has 0 unspecified atom stereocenters. The average molecular weight is 378 g/mol. The third-order valence-electron chi connectivity index (χ3n) is 4.51. The Kier molecular flexibility index (Phi) is 4.89. The lowest BCUT2D eigenvalue weighted by Gasteiger charge is -2.12. The second kappa shape index (κ2) is 7.64. The van der Waals surface area contributed by atoms with Crippen LogP contribution in [0.25, 0.3) is 0 Å². The zero-order chi connectivity index (χ0) is 19.5. The highest BCUT2D eigenvalue weighted by atomic mass is 16.7. The van der Waals surface area contributed by atoms with Crippen molar-refractivity contribution in [3.63, 3.8) is 0 Å². The summed E-state index contributed by atoms with van der Waals surface area (Å²) in [6, 6.07) is 13.7. The summed E-state index contributed by atoms with van der Waals surface area (Å²) in [5.41, 5.74) is 8.83. The Balaban J connectivity index is 1.45. The molecule has 0 saturated heterocycles. The Morgan fingerprint density at radius 1 is 1.07 bits per heavy atom. The molecule has 0 fully saturated rings. The fourth-order valence-corrected chi connectivity index (χ4v) is 2.87. The summed E-state index contributed by atoms with van der Waals surface area (Å²) in [5.74, 6) is 3.47. The highest BCUT2D eigenvalue weighted by Crippen LogP contribution is 2.33. The van der Waals surface area contributed by atoms with Gasteiger partial charge in [0, 0.05) is 6.54 Å². The molecule has 2 heterocycles. The molecule has 7 heteroatoms. The van der Waals surface area contributed by atoms with Gasteiger partial charge in [0.1, 0.15) is 17.8 Å². The molecule has 144 valence electrons. The number of nitrogens with zero attached hydrogens (tertiary/aromatic N) is 2. The maximum Gasteiger partial charge on any atom is 0.248 e. The van der Waals surface area contributed by atoms with Gasteiger partial charge in [0.05, 0.1) is 0 Å². The van der Waals surface area contributed by atoms with E-state index < -0.39 is 0 Å². The molecule has 0 radical (unpaired) electrons. The van der Waals surface area contributed by atoms with Crippen LogP contribution >= 0.6 is 0 Å². The highest BCUT2D eigenvalue weighted by molar-refractivity contribution is 5.67. The SMILES string of the molecule is CC(C)c1ccc(Oc2ncnc(NCc3ccc4c(c3)OCO4)c2N)cc1. The second-order valence-electron chi connectivity index (χ2n) is 6.81. The first-order valence-corrected chi connectivity index (χ1v) is 9.11. The van der Waals surface area contributed by atoms with E-state index in [1.54, 1.807) is 0 Å². The molecule has 0 amide bonds. The topological polar surface area (TPSA) is 91.5 Å². The van der Waals surface area contributed by atoms with Crippen LogP contribution in [0.4, 0.5) is 11.5 Å². The van der Waals surface area contributed by atoms with E-state index in [9.17, 15) is 0 Å². The number of ether oxygens (including phenoxy) is 3. The van der Waals surface area contributed by atoms with Gasteiger partial charge in [-0.15, -0.1) is 0 Å². The van der Waals surface area contributed by atoms with Gasteiger partial charge in [-0.25, -0.2) is 4.98 Å². The van der Waals surface area contributed by atoms with Crippen LogP contribution in [-0.2, 0) is 6.54 Å². The molecule has 0 bridgehead atoms. The molecule has 1 aliphatic heterocycles. The van der Waals surface area contributed by atoms with Gasteiger partial charge in [0.25, 0.3) is 0 Å². The lowest BCUT2D eigenvalue weighted by Crippen LogP contribution is -2.06. The minimum atomic E-state index is 0.254. The first-order chi connectivity index (χ1) is 13.6. The van der Waals surface area contributed by atoms with E-state index in [2.05, 4.69) is 29.1 Å². The molecule has 0 aliphatic carbocycles. The fourth-order valence-electron chi connectivity index (χ4n) is 2.87. The monoisotopic (exact) mass is 378 g/mol. The van der Waals surface area contributed by atoms with Crippen LogP contribution in [0, 0.1) is 0 Å². The van der Waals surface area contributed by atoms with Crippen LogP contribution in [0.15, 0.2) is 48.8 Å². The van der Waals surface area contributed by atoms with Gasteiger partial charge >= 0.3 is 0 Å². The third-order valence-corrected chi connectivity index (χ3v) is 4.51. The van der Waals surface area contributed by atoms with Crippen molar-refractivity contribution in [2.75, 3.05) is 17.8 Å². The third kappa shape index (κ3) is 3.78. The van der Waals surface area contributed by atoms with Crippen molar-refractivity contribution < 1.29 is 14.2 Å². The molecule has 3 N–H and O–H groups in total. The summed E-state index contributed by atoms with van der Waals surface area (Å²) in [6.07, 6.45) is 1.43. The standard InChI is InChI=1S/C21H22N4O3/c1-13(2)15-4-6-16(7-5-15)28-21-19(22)20(24-11-25-21)23-10-14-3-8-17-18(9-14)27-12-26-17/h3-9,11,13H,10,12,22H2,1-2H3,(H,23,24,25). The van der Waals surface area contributed by atoms with Crippen LogP contribution in [-0.4, -0.2) is 16.8 Å². The van der Waals surface area contributed by atoms with Crippen molar-refractivity contribution in [1.82, 2.24) is 9.97 Å². The van der Waals surface area contributed by atoms with E-state index in [0.29, 0.717) is 35.6 Å². The number of aromatic nitrogens is 2. The fraction of sp³-hybridized carbons (Fsp3) is 0.238. The number of nitrogens with one attached hydrogen (secondary N) is 1. The normalized spacial score (nSPS) is 12.2. The van der Waals surface area contributed by atoms with Crippen molar-refractivity contribution >= 4 is 11.5 Å². The predicted molar refractivity (Wildman–Crippen MR) is 107 cm³/mol. The molecule has 1 aromatic heterocycles. The summed E-state index contributed by atoms with van der Waals surface area (Å²) in [5, 5.41) is 3.22. The predicted octanol–water partition coefficient (Wildman–Crippen LogP) is 4.32.